The van der Waals surface area contributed by atoms with Crippen LogP contribution < -0.4 is 11.1 Å². The zero-order chi connectivity index (χ0) is 14.1. The minimum Gasteiger partial charge on any atom is -0.392 e. The number of imide groups is 1. The van der Waals surface area contributed by atoms with E-state index in [-0.39, 0.29) is 17.3 Å². The molecule has 0 saturated carbocycles. The molecule has 1 saturated heterocycles. The first kappa shape index (κ1) is 14.6. The van der Waals surface area contributed by atoms with Crippen LogP contribution in [-0.2, 0) is 14.4 Å². The van der Waals surface area contributed by atoms with Crippen LogP contribution in [0.5, 0.6) is 0 Å². The predicted octanol–water partition coefficient (Wildman–Crippen LogP) is -0.438. The van der Waals surface area contributed by atoms with Crippen molar-refractivity contribution >= 4 is 34.9 Å². The molecule has 100 valence electrons. The van der Waals surface area contributed by atoms with Gasteiger partial charge < -0.3 is 11.1 Å². The number of rotatable bonds is 4. The lowest BCUT2D eigenvalue weighted by Crippen LogP contribution is -2.51. The average Bonchev–Trinajstić information content (AvgIpc) is 2.55. The van der Waals surface area contributed by atoms with E-state index < -0.39 is 23.3 Å². The van der Waals surface area contributed by atoms with E-state index in [1.807, 2.05) is 0 Å². The first-order valence-corrected chi connectivity index (χ1v) is 6.06. The van der Waals surface area contributed by atoms with E-state index in [1.165, 1.54) is 7.05 Å². The predicted molar refractivity (Wildman–Crippen MR) is 69.5 cm³/mol. The number of carbonyl (C=O) groups excluding carboxylic acids is 3. The van der Waals surface area contributed by atoms with Crippen molar-refractivity contribution < 1.29 is 14.4 Å². The van der Waals surface area contributed by atoms with Crippen LogP contribution in [0.3, 0.4) is 0 Å². The van der Waals surface area contributed by atoms with E-state index in [4.69, 9.17) is 18.0 Å². The summed E-state index contributed by atoms with van der Waals surface area (Å²) in [5.74, 6) is -1.13. The number of likely N-dealkylation sites (tertiary alicyclic amines) is 1. The summed E-state index contributed by atoms with van der Waals surface area (Å²) >= 11 is 4.88. The summed E-state index contributed by atoms with van der Waals surface area (Å²) in [6, 6.07) is -0.810. The standard InChI is InChI=1S/C11H17N3O3S/c1-4-11(2,9(12)18)10(17)13-6-5-7(15)14(3)8(6)16/h6H,4-5H2,1-3H3,(H2,12,18)(H,13,17). The molecular weight excluding hydrogens is 254 g/mol. The molecule has 3 N–H and O–H groups in total. The van der Waals surface area contributed by atoms with Gasteiger partial charge in [-0.25, -0.2) is 0 Å². The molecule has 2 atom stereocenters. The summed E-state index contributed by atoms with van der Waals surface area (Å²) in [5.41, 5.74) is 4.55. The van der Waals surface area contributed by atoms with Crippen molar-refractivity contribution in [2.24, 2.45) is 11.1 Å². The molecule has 1 heterocycles. The Hall–Kier alpha value is -1.50. The topological polar surface area (TPSA) is 92.5 Å². The SMILES string of the molecule is CCC(C)(C(=O)NC1CC(=O)N(C)C1=O)C(N)=S. The summed E-state index contributed by atoms with van der Waals surface area (Å²) in [4.78, 5) is 36.2. The van der Waals surface area contributed by atoms with Crippen LogP contribution >= 0.6 is 12.2 Å². The number of hydrogen-bond acceptors (Lipinski definition) is 4. The number of likely N-dealkylation sites (N-methyl/N-ethyl adjacent to an activating group) is 1. The largest absolute Gasteiger partial charge is 0.392 e. The third-order valence-electron chi connectivity index (χ3n) is 3.44. The minimum absolute atomic E-state index is 0.0157. The third-order valence-corrected chi connectivity index (χ3v) is 3.89. The van der Waals surface area contributed by atoms with Gasteiger partial charge in [0.25, 0.3) is 5.91 Å². The first-order chi connectivity index (χ1) is 8.24. The van der Waals surface area contributed by atoms with E-state index in [2.05, 4.69) is 5.32 Å². The lowest BCUT2D eigenvalue weighted by atomic mass is 9.86. The number of thiocarbonyl (C=S) groups is 1. The third kappa shape index (κ3) is 2.35. The summed E-state index contributed by atoms with van der Waals surface area (Å²) in [6.45, 7) is 3.40. The zero-order valence-electron chi connectivity index (χ0n) is 10.6. The van der Waals surface area contributed by atoms with Crippen LogP contribution in [0.25, 0.3) is 0 Å². The van der Waals surface area contributed by atoms with Gasteiger partial charge in [0.2, 0.25) is 11.8 Å². The first-order valence-electron chi connectivity index (χ1n) is 5.65. The Balaban J connectivity index is 2.80. The number of nitrogens with two attached hydrogens (primary N) is 1. The fourth-order valence-corrected chi connectivity index (χ4v) is 1.87. The molecule has 1 rings (SSSR count). The summed E-state index contributed by atoms with van der Waals surface area (Å²) in [7, 11) is 1.39. The van der Waals surface area contributed by atoms with Gasteiger partial charge in [-0.05, 0) is 13.3 Å². The molecule has 3 amide bonds. The van der Waals surface area contributed by atoms with E-state index >= 15 is 0 Å². The Bertz CT molecular complexity index is 424. The average molecular weight is 271 g/mol. The number of nitrogens with one attached hydrogen (secondary N) is 1. The van der Waals surface area contributed by atoms with Gasteiger partial charge in [-0.2, -0.15) is 0 Å². The molecule has 0 spiro atoms. The van der Waals surface area contributed by atoms with Crippen molar-refractivity contribution in [2.75, 3.05) is 7.05 Å². The monoisotopic (exact) mass is 271 g/mol. The minimum atomic E-state index is -1.00. The lowest BCUT2D eigenvalue weighted by molar-refractivity contribution is -0.138. The normalized spacial score (nSPS) is 22.8. The van der Waals surface area contributed by atoms with Gasteiger partial charge in [0.05, 0.1) is 16.8 Å². The van der Waals surface area contributed by atoms with E-state index in [0.717, 1.165) is 4.90 Å². The molecule has 18 heavy (non-hydrogen) atoms. The molecule has 1 aliphatic rings. The molecule has 0 radical (unpaired) electrons. The molecule has 1 fully saturated rings. The molecular formula is C11H17N3O3S. The molecule has 7 heteroatoms. The van der Waals surface area contributed by atoms with Crippen molar-refractivity contribution in [3.8, 4) is 0 Å². The smallest absolute Gasteiger partial charge is 0.252 e. The summed E-state index contributed by atoms with van der Waals surface area (Å²) in [5, 5.41) is 2.54. The van der Waals surface area contributed by atoms with Gasteiger partial charge in [-0.15, -0.1) is 0 Å². The van der Waals surface area contributed by atoms with Crippen molar-refractivity contribution in [2.45, 2.75) is 32.7 Å². The molecule has 0 aromatic carbocycles. The second kappa shape index (κ2) is 5.01. The maximum atomic E-state index is 12.1. The van der Waals surface area contributed by atoms with Gasteiger partial charge in [0, 0.05) is 7.05 Å². The molecule has 0 aromatic heterocycles. The van der Waals surface area contributed by atoms with E-state index in [1.54, 1.807) is 13.8 Å². The Morgan fingerprint density at radius 1 is 1.61 bits per heavy atom. The highest BCUT2D eigenvalue weighted by atomic mass is 32.1. The van der Waals surface area contributed by atoms with Crippen LogP contribution in [0.4, 0.5) is 0 Å². The zero-order valence-corrected chi connectivity index (χ0v) is 11.5. The second-order valence-corrected chi connectivity index (χ2v) is 5.01. The molecule has 0 bridgehead atoms. The van der Waals surface area contributed by atoms with Gasteiger partial charge in [-0.3, -0.25) is 19.3 Å². The van der Waals surface area contributed by atoms with E-state index in [0.29, 0.717) is 6.42 Å². The lowest BCUT2D eigenvalue weighted by Gasteiger charge is -2.26. The number of amides is 3. The van der Waals surface area contributed by atoms with Crippen LogP contribution in [-0.4, -0.2) is 40.7 Å². The van der Waals surface area contributed by atoms with Gasteiger partial charge >= 0.3 is 0 Å². The Morgan fingerprint density at radius 3 is 2.50 bits per heavy atom. The van der Waals surface area contributed by atoms with Gasteiger partial charge in [0.1, 0.15) is 6.04 Å². The number of nitrogens with zero attached hydrogens (tertiary/aromatic N) is 1. The van der Waals surface area contributed by atoms with Crippen LogP contribution in [0.1, 0.15) is 26.7 Å². The highest BCUT2D eigenvalue weighted by Gasteiger charge is 2.41. The van der Waals surface area contributed by atoms with E-state index in [9.17, 15) is 14.4 Å². The molecule has 0 aliphatic carbocycles. The maximum absolute atomic E-state index is 12.1. The molecule has 0 aromatic rings. The Labute approximate surface area is 111 Å². The van der Waals surface area contributed by atoms with Crippen LogP contribution in [0, 0.1) is 5.41 Å². The van der Waals surface area contributed by atoms with Crippen LogP contribution in [0.2, 0.25) is 0 Å². The second-order valence-electron chi connectivity index (χ2n) is 4.57. The van der Waals surface area contributed by atoms with Crippen molar-refractivity contribution in [1.29, 1.82) is 0 Å². The fraction of sp³-hybridized carbons (Fsp3) is 0.636. The number of hydrogen-bond donors (Lipinski definition) is 2. The Kier molecular flexibility index (Phi) is 4.05. The number of carbonyl (C=O) groups is 3. The highest BCUT2D eigenvalue weighted by Crippen LogP contribution is 2.23. The van der Waals surface area contributed by atoms with Crippen molar-refractivity contribution in [3.05, 3.63) is 0 Å². The summed E-state index contributed by atoms with van der Waals surface area (Å²) < 4.78 is 0. The molecule has 2 unspecified atom stereocenters. The quantitative estimate of drug-likeness (QED) is 0.534. The Morgan fingerprint density at radius 2 is 2.17 bits per heavy atom. The highest BCUT2D eigenvalue weighted by molar-refractivity contribution is 7.80. The maximum Gasteiger partial charge on any atom is 0.252 e. The molecule has 6 nitrogen and oxygen atoms in total. The van der Waals surface area contributed by atoms with Crippen molar-refractivity contribution in [1.82, 2.24) is 10.2 Å². The van der Waals surface area contributed by atoms with Gasteiger partial charge in [0.15, 0.2) is 0 Å². The summed E-state index contributed by atoms with van der Waals surface area (Å²) in [6.07, 6.45) is 0.414. The van der Waals surface area contributed by atoms with Gasteiger partial charge in [-0.1, -0.05) is 19.1 Å². The molecule has 1 aliphatic heterocycles. The van der Waals surface area contributed by atoms with Crippen molar-refractivity contribution in [3.63, 3.8) is 0 Å². The fourth-order valence-electron chi connectivity index (χ4n) is 1.63. The van der Waals surface area contributed by atoms with Crippen LogP contribution in [0.15, 0.2) is 0 Å².